The molecule has 2 heterocycles. The number of aryl methyl sites for hydroxylation is 1. The van der Waals surface area contributed by atoms with Crippen molar-refractivity contribution < 1.29 is 4.79 Å². The molecule has 1 aromatic heterocycles. The highest BCUT2D eigenvalue weighted by molar-refractivity contribution is 5.76. The summed E-state index contributed by atoms with van der Waals surface area (Å²) >= 11 is 0. The molecule has 1 fully saturated rings. The van der Waals surface area contributed by atoms with Gasteiger partial charge in [-0.25, -0.2) is 0 Å². The van der Waals surface area contributed by atoms with Gasteiger partial charge in [-0.15, -0.1) is 0 Å². The molecule has 19 heavy (non-hydrogen) atoms. The molecule has 0 N–H and O–H groups in total. The molecule has 4 heteroatoms. The predicted octanol–water partition coefficient (Wildman–Crippen LogP) is 1.72. The molecule has 0 saturated carbocycles. The van der Waals surface area contributed by atoms with Gasteiger partial charge in [-0.3, -0.25) is 9.69 Å². The molecule has 1 saturated heterocycles. The van der Waals surface area contributed by atoms with Gasteiger partial charge in [0.15, 0.2) is 0 Å². The molecule has 0 spiro atoms. The molecule has 0 radical (unpaired) electrons. The van der Waals surface area contributed by atoms with E-state index in [2.05, 4.69) is 48.7 Å². The second-order valence-corrected chi connectivity index (χ2v) is 5.87. The Morgan fingerprint density at radius 1 is 1.26 bits per heavy atom. The molecular formula is C15H25N3O. The van der Waals surface area contributed by atoms with Gasteiger partial charge in [-0.05, 0) is 18.1 Å². The van der Waals surface area contributed by atoms with Crippen molar-refractivity contribution >= 4 is 5.91 Å². The fourth-order valence-electron chi connectivity index (χ4n) is 2.52. The molecule has 0 unspecified atom stereocenters. The van der Waals surface area contributed by atoms with Gasteiger partial charge in [0, 0.05) is 58.1 Å². The molecule has 2 rings (SSSR count). The maximum atomic E-state index is 12.0. The number of aromatic nitrogens is 1. The second-order valence-electron chi connectivity index (χ2n) is 5.87. The van der Waals surface area contributed by atoms with Crippen molar-refractivity contribution in [3.8, 4) is 0 Å². The zero-order valence-electron chi connectivity index (χ0n) is 12.3. The van der Waals surface area contributed by atoms with Crippen molar-refractivity contribution in [2.45, 2.75) is 26.8 Å². The van der Waals surface area contributed by atoms with Gasteiger partial charge in [0.25, 0.3) is 0 Å². The van der Waals surface area contributed by atoms with Crippen LogP contribution in [0.3, 0.4) is 0 Å². The van der Waals surface area contributed by atoms with E-state index in [4.69, 9.17) is 0 Å². The van der Waals surface area contributed by atoms with Crippen molar-refractivity contribution in [3.63, 3.8) is 0 Å². The first-order valence-corrected chi connectivity index (χ1v) is 7.16. The van der Waals surface area contributed by atoms with Crippen molar-refractivity contribution in [1.29, 1.82) is 0 Å². The lowest BCUT2D eigenvalue weighted by Crippen LogP contribution is -2.48. The van der Waals surface area contributed by atoms with E-state index in [-0.39, 0.29) is 0 Å². The van der Waals surface area contributed by atoms with Crippen LogP contribution in [0.5, 0.6) is 0 Å². The molecule has 1 aliphatic rings. The molecule has 0 aromatic carbocycles. The van der Waals surface area contributed by atoms with Crippen LogP contribution in [-0.4, -0.2) is 46.5 Å². The molecule has 1 aliphatic heterocycles. The standard InChI is InChI=1S/C15H25N3O/c1-13(2)11-15(19)18-9-7-17(8-10-18)12-14-5-4-6-16(14)3/h4-6,13H,7-12H2,1-3H3. The first-order chi connectivity index (χ1) is 9.06. The van der Waals surface area contributed by atoms with Crippen LogP contribution < -0.4 is 0 Å². The lowest BCUT2D eigenvalue weighted by molar-refractivity contribution is -0.133. The van der Waals surface area contributed by atoms with E-state index >= 15 is 0 Å². The first-order valence-electron chi connectivity index (χ1n) is 7.16. The Kier molecular flexibility index (Phi) is 4.64. The average molecular weight is 263 g/mol. The molecule has 1 aromatic rings. The van der Waals surface area contributed by atoms with Crippen LogP contribution in [0.1, 0.15) is 26.0 Å². The van der Waals surface area contributed by atoms with E-state index in [1.807, 2.05) is 4.90 Å². The third kappa shape index (κ3) is 3.83. The molecular weight excluding hydrogens is 238 g/mol. The van der Waals surface area contributed by atoms with Crippen molar-refractivity contribution in [2.24, 2.45) is 13.0 Å². The summed E-state index contributed by atoms with van der Waals surface area (Å²) in [5.74, 6) is 0.766. The summed E-state index contributed by atoms with van der Waals surface area (Å²) in [6, 6.07) is 4.24. The Balaban J connectivity index is 1.79. The Labute approximate surface area is 116 Å². The maximum Gasteiger partial charge on any atom is 0.222 e. The summed E-state index contributed by atoms with van der Waals surface area (Å²) < 4.78 is 2.16. The minimum atomic E-state index is 0.313. The van der Waals surface area contributed by atoms with Crippen LogP contribution >= 0.6 is 0 Å². The van der Waals surface area contributed by atoms with E-state index in [1.54, 1.807) is 0 Å². The summed E-state index contributed by atoms with van der Waals surface area (Å²) in [7, 11) is 2.08. The number of piperazine rings is 1. The van der Waals surface area contributed by atoms with Crippen LogP contribution in [-0.2, 0) is 18.4 Å². The topological polar surface area (TPSA) is 28.5 Å². The summed E-state index contributed by atoms with van der Waals surface area (Å²) in [6.45, 7) is 8.89. The van der Waals surface area contributed by atoms with Gasteiger partial charge in [0.1, 0.15) is 0 Å². The summed E-state index contributed by atoms with van der Waals surface area (Å²) in [4.78, 5) is 16.4. The van der Waals surface area contributed by atoms with Crippen LogP contribution in [0.15, 0.2) is 18.3 Å². The molecule has 0 bridgehead atoms. The third-order valence-electron chi connectivity index (χ3n) is 3.74. The van der Waals surface area contributed by atoms with Crippen LogP contribution in [0, 0.1) is 5.92 Å². The highest BCUT2D eigenvalue weighted by Gasteiger charge is 2.21. The highest BCUT2D eigenvalue weighted by atomic mass is 16.2. The van der Waals surface area contributed by atoms with Gasteiger partial charge >= 0.3 is 0 Å². The zero-order chi connectivity index (χ0) is 13.8. The Morgan fingerprint density at radius 2 is 1.95 bits per heavy atom. The smallest absolute Gasteiger partial charge is 0.222 e. The minimum Gasteiger partial charge on any atom is -0.353 e. The maximum absolute atomic E-state index is 12.0. The lowest BCUT2D eigenvalue weighted by Gasteiger charge is -2.35. The van der Waals surface area contributed by atoms with E-state index in [0.29, 0.717) is 18.2 Å². The van der Waals surface area contributed by atoms with Gasteiger partial charge < -0.3 is 9.47 Å². The van der Waals surface area contributed by atoms with E-state index in [9.17, 15) is 4.79 Å². The highest BCUT2D eigenvalue weighted by Crippen LogP contribution is 2.11. The van der Waals surface area contributed by atoms with Gasteiger partial charge in [0.2, 0.25) is 5.91 Å². The fourth-order valence-corrected chi connectivity index (χ4v) is 2.52. The van der Waals surface area contributed by atoms with E-state index < -0.39 is 0 Å². The lowest BCUT2D eigenvalue weighted by atomic mass is 10.1. The van der Waals surface area contributed by atoms with Crippen LogP contribution in [0.4, 0.5) is 0 Å². The summed E-state index contributed by atoms with van der Waals surface area (Å²) in [5, 5.41) is 0. The largest absolute Gasteiger partial charge is 0.353 e. The number of nitrogens with zero attached hydrogens (tertiary/aromatic N) is 3. The average Bonchev–Trinajstić information content (AvgIpc) is 2.75. The van der Waals surface area contributed by atoms with Crippen molar-refractivity contribution in [1.82, 2.24) is 14.4 Å². The Bertz CT molecular complexity index is 417. The molecule has 4 nitrogen and oxygen atoms in total. The van der Waals surface area contributed by atoms with Gasteiger partial charge in [-0.2, -0.15) is 0 Å². The summed E-state index contributed by atoms with van der Waals surface area (Å²) in [6.07, 6.45) is 2.76. The third-order valence-corrected chi connectivity index (χ3v) is 3.74. The summed E-state index contributed by atoms with van der Waals surface area (Å²) in [5.41, 5.74) is 1.34. The van der Waals surface area contributed by atoms with Crippen LogP contribution in [0.25, 0.3) is 0 Å². The second kappa shape index (κ2) is 6.24. The molecule has 1 amide bonds. The number of carbonyl (C=O) groups excluding carboxylic acids is 1. The molecule has 0 atom stereocenters. The van der Waals surface area contributed by atoms with E-state index in [0.717, 1.165) is 32.7 Å². The van der Waals surface area contributed by atoms with Crippen molar-refractivity contribution in [3.05, 3.63) is 24.0 Å². The number of amides is 1. The fraction of sp³-hybridized carbons (Fsp3) is 0.667. The number of hydrogen-bond donors (Lipinski definition) is 0. The molecule has 0 aliphatic carbocycles. The van der Waals surface area contributed by atoms with Gasteiger partial charge in [0.05, 0.1) is 0 Å². The predicted molar refractivity (Wildman–Crippen MR) is 76.7 cm³/mol. The monoisotopic (exact) mass is 263 g/mol. The Morgan fingerprint density at radius 3 is 2.47 bits per heavy atom. The van der Waals surface area contributed by atoms with E-state index in [1.165, 1.54) is 5.69 Å². The van der Waals surface area contributed by atoms with Gasteiger partial charge in [-0.1, -0.05) is 13.8 Å². The normalized spacial score (nSPS) is 17.2. The zero-order valence-corrected chi connectivity index (χ0v) is 12.3. The Hall–Kier alpha value is -1.29. The first kappa shape index (κ1) is 14.1. The minimum absolute atomic E-state index is 0.313. The molecule has 106 valence electrons. The quantitative estimate of drug-likeness (QED) is 0.827. The van der Waals surface area contributed by atoms with Crippen LogP contribution in [0.2, 0.25) is 0 Å². The number of carbonyl (C=O) groups is 1. The number of hydrogen-bond acceptors (Lipinski definition) is 2. The number of rotatable bonds is 4. The van der Waals surface area contributed by atoms with Crippen molar-refractivity contribution in [2.75, 3.05) is 26.2 Å². The SMILES string of the molecule is CC(C)CC(=O)N1CCN(Cc2cccn2C)CC1.